The quantitative estimate of drug-likeness (QED) is 0.834. The summed E-state index contributed by atoms with van der Waals surface area (Å²) >= 11 is 0. The average Bonchev–Trinajstić information content (AvgIpc) is 2.38. The number of carbonyl (C=O) groups is 1. The summed E-state index contributed by atoms with van der Waals surface area (Å²) in [5.41, 5.74) is 1.15. The van der Waals surface area contributed by atoms with Gasteiger partial charge in [0.15, 0.2) is 0 Å². The number of pyridine rings is 1. The Morgan fingerprint density at radius 2 is 2.06 bits per heavy atom. The molecule has 4 nitrogen and oxygen atoms in total. The van der Waals surface area contributed by atoms with Crippen molar-refractivity contribution in [1.82, 2.24) is 10.3 Å². The molecule has 0 saturated heterocycles. The van der Waals surface area contributed by atoms with Gasteiger partial charge in [-0.25, -0.2) is 0 Å². The van der Waals surface area contributed by atoms with Gasteiger partial charge in [-0.05, 0) is 30.5 Å². The van der Waals surface area contributed by atoms with Crippen molar-refractivity contribution >= 4 is 5.97 Å². The highest BCUT2D eigenvalue weighted by Crippen LogP contribution is 2.24. The highest BCUT2D eigenvalue weighted by atomic mass is 16.4. The number of aliphatic carboxylic acids is 1. The van der Waals surface area contributed by atoms with Crippen LogP contribution in [-0.2, 0) is 11.3 Å². The highest BCUT2D eigenvalue weighted by Gasteiger charge is 2.30. The van der Waals surface area contributed by atoms with E-state index in [9.17, 15) is 4.79 Å². The summed E-state index contributed by atoms with van der Waals surface area (Å²) in [6.07, 6.45) is 7.42. The van der Waals surface area contributed by atoms with E-state index in [2.05, 4.69) is 10.3 Å². The SMILES string of the molecule is O=C(O)[C@H]1CCCC[C@@H]1NCc1ccncc1. The van der Waals surface area contributed by atoms with Crippen LogP contribution in [0.4, 0.5) is 0 Å². The number of aromatic nitrogens is 1. The van der Waals surface area contributed by atoms with Gasteiger partial charge >= 0.3 is 5.97 Å². The van der Waals surface area contributed by atoms with Crippen LogP contribution in [0.15, 0.2) is 24.5 Å². The summed E-state index contributed by atoms with van der Waals surface area (Å²) in [5.74, 6) is -0.900. The lowest BCUT2D eigenvalue weighted by atomic mass is 9.84. The Morgan fingerprint density at radius 3 is 2.76 bits per heavy atom. The van der Waals surface area contributed by atoms with E-state index in [0.717, 1.165) is 37.8 Å². The molecule has 1 fully saturated rings. The summed E-state index contributed by atoms with van der Waals surface area (Å²) in [5, 5.41) is 12.5. The number of carboxylic acid groups (broad SMARTS) is 1. The van der Waals surface area contributed by atoms with E-state index >= 15 is 0 Å². The Hall–Kier alpha value is -1.42. The minimum absolute atomic E-state index is 0.106. The Morgan fingerprint density at radius 1 is 1.35 bits per heavy atom. The number of hydrogen-bond donors (Lipinski definition) is 2. The summed E-state index contributed by atoms with van der Waals surface area (Å²) in [6, 6.07) is 4.01. The Balaban J connectivity index is 1.90. The van der Waals surface area contributed by atoms with Crippen molar-refractivity contribution in [2.45, 2.75) is 38.3 Å². The van der Waals surface area contributed by atoms with E-state index in [1.165, 1.54) is 0 Å². The molecule has 0 radical (unpaired) electrons. The maximum Gasteiger partial charge on any atom is 0.308 e. The molecule has 0 bridgehead atoms. The minimum atomic E-state index is -0.670. The fourth-order valence-corrected chi connectivity index (χ4v) is 2.42. The topological polar surface area (TPSA) is 62.2 Å². The van der Waals surface area contributed by atoms with E-state index in [-0.39, 0.29) is 12.0 Å². The van der Waals surface area contributed by atoms with Gasteiger partial charge in [-0.3, -0.25) is 9.78 Å². The molecule has 4 heteroatoms. The van der Waals surface area contributed by atoms with Gasteiger partial charge in [-0.2, -0.15) is 0 Å². The highest BCUT2D eigenvalue weighted by molar-refractivity contribution is 5.71. The number of carboxylic acids is 1. The molecule has 1 aliphatic rings. The van der Waals surface area contributed by atoms with Crippen LogP contribution in [0.5, 0.6) is 0 Å². The second kappa shape index (κ2) is 5.77. The zero-order valence-corrected chi connectivity index (χ0v) is 9.80. The third kappa shape index (κ3) is 3.27. The van der Waals surface area contributed by atoms with Gasteiger partial charge in [0.25, 0.3) is 0 Å². The van der Waals surface area contributed by atoms with Gasteiger partial charge in [0.1, 0.15) is 0 Å². The maximum atomic E-state index is 11.1. The molecule has 2 N–H and O–H groups in total. The van der Waals surface area contributed by atoms with Crippen molar-refractivity contribution in [3.05, 3.63) is 30.1 Å². The van der Waals surface area contributed by atoms with Gasteiger partial charge < -0.3 is 10.4 Å². The van der Waals surface area contributed by atoms with Gasteiger partial charge in [0.05, 0.1) is 5.92 Å². The number of hydrogen-bond acceptors (Lipinski definition) is 3. The maximum absolute atomic E-state index is 11.1. The molecule has 0 aromatic carbocycles. The normalized spacial score (nSPS) is 24.5. The summed E-state index contributed by atoms with van der Waals surface area (Å²) in [6.45, 7) is 0.719. The van der Waals surface area contributed by atoms with Crippen molar-refractivity contribution in [3.63, 3.8) is 0 Å². The average molecular weight is 234 g/mol. The van der Waals surface area contributed by atoms with Crippen LogP contribution in [0.1, 0.15) is 31.2 Å². The van der Waals surface area contributed by atoms with Gasteiger partial charge in [-0.1, -0.05) is 12.8 Å². The molecule has 17 heavy (non-hydrogen) atoms. The van der Waals surface area contributed by atoms with Crippen molar-refractivity contribution in [3.8, 4) is 0 Å². The van der Waals surface area contributed by atoms with E-state index in [1.54, 1.807) is 12.4 Å². The Bertz CT molecular complexity index is 367. The van der Waals surface area contributed by atoms with Gasteiger partial charge in [0.2, 0.25) is 0 Å². The van der Waals surface area contributed by atoms with Crippen LogP contribution >= 0.6 is 0 Å². The van der Waals surface area contributed by atoms with Crippen LogP contribution < -0.4 is 5.32 Å². The zero-order chi connectivity index (χ0) is 12.1. The lowest BCUT2D eigenvalue weighted by molar-refractivity contribution is -0.143. The fraction of sp³-hybridized carbons (Fsp3) is 0.538. The van der Waals surface area contributed by atoms with Gasteiger partial charge in [-0.15, -0.1) is 0 Å². The van der Waals surface area contributed by atoms with Crippen molar-refractivity contribution < 1.29 is 9.90 Å². The molecule has 0 spiro atoms. The van der Waals surface area contributed by atoms with Crippen LogP contribution in [0.25, 0.3) is 0 Å². The molecular formula is C13H18N2O2. The summed E-state index contributed by atoms with van der Waals surface area (Å²) in [7, 11) is 0. The first-order valence-electron chi connectivity index (χ1n) is 6.12. The number of nitrogens with zero attached hydrogens (tertiary/aromatic N) is 1. The van der Waals surface area contributed by atoms with Gasteiger partial charge in [0, 0.05) is 25.0 Å². The van der Waals surface area contributed by atoms with Crippen LogP contribution in [0, 0.1) is 5.92 Å². The Labute approximate surface area is 101 Å². The van der Waals surface area contributed by atoms with Crippen LogP contribution in [0.2, 0.25) is 0 Å². The lowest BCUT2D eigenvalue weighted by Gasteiger charge is -2.29. The molecule has 1 aliphatic carbocycles. The molecule has 2 rings (SSSR count). The molecular weight excluding hydrogens is 216 g/mol. The molecule has 0 aliphatic heterocycles. The van der Waals surface area contributed by atoms with Crippen molar-refractivity contribution in [2.75, 3.05) is 0 Å². The summed E-state index contributed by atoms with van der Waals surface area (Å²) < 4.78 is 0. The predicted octanol–water partition coefficient (Wildman–Crippen LogP) is 1.81. The van der Waals surface area contributed by atoms with Crippen molar-refractivity contribution in [1.29, 1.82) is 0 Å². The number of nitrogens with one attached hydrogen (secondary N) is 1. The van der Waals surface area contributed by atoms with Crippen LogP contribution in [0.3, 0.4) is 0 Å². The molecule has 0 unspecified atom stereocenters. The van der Waals surface area contributed by atoms with E-state index in [0.29, 0.717) is 0 Å². The molecule has 1 aromatic rings. The number of rotatable bonds is 4. The lowest BCUT2D eigenvalue weighted by Crippen LogP contribution is -2.41. The van der Waals surface area contributed by atoms with E-state index in [4.69, 9.17) is 5.11 Å². The molecule has 0 amide bonds. The molecule has 92 valence electrons. The first-order valence-corrected chi connectivity index (χ1v) is 6.12. The smallest absolute Gasteiger partial charge is 0.308 e. The minimum Gasteiger partial charge on any atom is -0.481 e. The van der Waals surface area contributed by atoms with Crippen molar-refractivity contribution in [2.24, 2.45) is 5.92 Å². The first kappa shape index (κ1) is 12.0. The van der Waals surface area contributed by atoms with E-state index in [1.807, 2.05) is 12.1 Å². The second-order valence-electron chi connectivity index (χ2n) is 4.57. The third-order valence-corrected chi connectivity index (χ3v) is 3.40. The van der Waals surface area contributed by atoms with Crippen LogP contribution in [-0.4, -0.2) is 22.1 Å². The monoisotopic (exact) mass is 234 g/mol. The fourth-order valence-electron chi connectivity index (χ4n) is 2.42. The molecule has 2 atom stereocenters. The summed E-state index contributed by atoms with van der Waals surface area (Å²) in [4.78, 5) is 15.1. The Kier molecular flexibility index (Phi) is 4.09. The second-order valence-corrected chi connectivity index (χ2v) is 4.57. The molecule has 1 heterocycles. The molecule has 1 aromatic heterocycles. The zero-order valence-electron chi connectivity index (χ0n) is 9.80. The first-order chi connectivity index (χ1) is 8.27. The standard InChI is InChI=1S/C13H18N2O2/c16-13(17)11-3-1-2-4-12(11)15-9-10-5-7-14-8-6-10/h5-8,11-12,15H,1-4,9H2,(H,16,17)/t11-,12-/m0/s1. The third-order valence-electron chi connectivity index (χ3n) is 3.40. The predicted molar refractivity (Wildman–Crippen MR) is 64.5 cm³/mol. The van der Waals surface area contributed by atoms with E-state index < -0.39 is 5.97 Å². The largest absolute Gasteiger partial charge is 0.481 e. The molecule has 1 saturated carbocycles.